The lowest BCUT2D eigenvalue weighted by molar-refractivity contribution is -0.122. The minimum atomic E-state index is -0.498. The lowest BCUT2D eigenvalue weighted by Gasteiger charge is -2.20. The third-order valence-corrected chi connectivity index (χ3v) is 5.96. The molecule has 2 saturated heterocycles. The average Bonchev–Trinajstić information content (AvgIpc) is 3.44. The van der Waals surface area contributed by atoms with Crippen LogP contribution in [-0.4, -0.2) is 49.4 Å². The van der Waals surface area contributed by atoms with Gasteiger partial charge in [0.1, 0.15) is 5.75 Å². The molecule has 162 valence electrons. The van der Waals surface area contributed by atoms with E-state index in [-0.39, 0.29) is 30.7 Å². The number of methoxy groups -OCH3 is 1. The van der Waals surface area contributed by atoms with E-state index in [1.807, 2.05) is 4.90 Å². The number of anilines is 2. The minimum absolute atomic E-state index is 0.0166. The van der Waals surface area contributed by atoms with Gasteiger partial charge in [0.25, 0.3) is 5.91 Å². The first-order chi connectivity index (χ1) is 15.0. The van der Waals surface area contributed by atoms with Crippen LogP contribution in [0.4, 0.5) is 11.4 Å². The van der Waals surface area contributed by atoms with Gasteiger partial charge in [-0.15, -0.1) is 0 Å². The molecule has 0 radical (unpaired) electrons. The summed E-state index contributed by atoms with van der Waals surface area (Å²) >= 11 is 6.08. The van der Waals surface area contributed by atoms with Gasteiger partial charge < -0.3 is 19.9 Å². The van der Waals surface area contributed by atoms with Crippen LogP contribution >= 0.6 is 11.6 Å². The second kappa shape index (κ2) is 8.98. The summed E-state index contributed by atoms with van der Waals surface area (Å²) in [6.45, 7) is 1.83. The second-order valence-electron chi connectivity index (χ2n) is 7.79. The lowest BCUT2D eigenvalue weighted by Crippen LogP contribution is -2.28. The number of likely N-dealkylation sites (tertiary alicyclic amines) is 1. The van der Waals surface area contributed by atoms with E-state index in [4.69, 9.17) is 16.3 Å². The highest BCUT2D eigenvalue weighted by molar-refractivity contribution is 6.31. The first-order valence-electron chi connectivity index (χ1n) is 10.3. The van der Waals surface area contributed by atoms with E-state index in [9.17, 15) is 14.4 Å². The van der Waals surface area contributed by atoms with Crippen molar-refractivity contribution >= 4 is 40.7 Å². The van der Waals surface area contributed by atoms with Gasteiger partial charge in [0.15, 0.2) is 0 Å². The summed E-state index contributed by atoms with van der Waals surface area (Å²) < 4.78 is 5.34. The summed E-state index contributed by atoms with van der Waals surface area (Å²) in [5.41, 5.74) is 1.75. The molecule has 2 aliphatic heterocycles. The molecular formula is C23H24ClN3O4. The Morgan fingerprint density at radius 2 is 1.81 bits per heavy atom. The number of hydrogen-bond acceptors (Lipinski definition) is 4. The normalized spacial score (nSPS) is 18.4. The number of rotatable bonds is 5. The molecule has 4 rings (SSSR count). The molecule has 0 aromatic heterocycles. The lowest BCUT2D eigenvalue weighted by atomic mass is 10.1. The maximum Gasteiger partial charge on any atom is 0.253 e. The van der Waals surface area contributed by atoms with Gasteiger partial charge in [0.2, 0.25) is 11.8 Å². The summed E-state index contributed by atoms with van der Waals surface area (Å²) in [5, 5.41) is 3.34. The smallest absolute Gasteiger partial charge is 0.253 e. The van der Waals surface area contributed by atoms with Gasteiger partial charge in [-0.3, -0.25) is 14.4 Å². The van der Waals surface area contributed by atoms with Crippen molar-refractivity contribution in [3.8, 4) is 5.75 Å². The maximum absolute atomic E-state index is 12.8. The number of halogens is 1. The second-order valence-corrected chi connectivity index (χ2v) is 8.22. The van der Waals surface area contributed by atoms with Crippen LogP contribution in [0.5, 0.6) is 5.75 Å². The van der Waals surface area contributed by atoms with Crippen LogP contribution in [-0.2, 0) is 9.59 Å². The van der Waals surface area contributed by atoms with Crippen molar-refractivity contribution in [3.63, 3.8) is 0 Å². The number of carbonyl (C=O) groups is 3. The van der Waals surface area contributed by atoms with E-state index in [1.165, 1.54) is 12.0 Å². The van der Waals surface area contributed by atoms with Gasteiger partial charge in [-0.25, -0.2) is 0 Å². The first-order valence-corrected chi connectivity index (χ1v) is 10.7. The highest BCUT2D eigenvalue weighted by Crippen LogP contribution is 2.35. The zero-order valence-corrected chi connectivity index (χ0v) is 18.0. The number of hydrogen-bond donors (Lipinski definition) is 1. The summed E-state index contributed by atoms with van der Waals surface area (Å²) in [4.78, 5) is 41.2. The SMILES string of the molecule is COc1ccc(Cl)cc1N1CC(C(=O)Nc2ccc(C(=O)N3CCCC3)cc2)CC1=O. The number of benzene rings is 2. The molecule has 2 aromatic rings. The molecule has 3 amide bonds. The van der Waals surface area contributed by atoms with Crippen LogP contribution in [0.1, 0.15) is 29.6 Å². The Morgan fingerprint density at radius 3 is 2.48 bits per heavy atom. The van der Waals surface area contributed by atoms with Crippen molar-refractivity contribution in [1.82, 2.24) is 4.90 Å². The summed E-state index contributed by atoms with van der Waals surface area (Å²) in [6, 6.07) is 11.9. The predicted octanol–water partition coefficient (Wildman–Crippen LogP) is 3.58. The van der Waals surface area contributed by atoms with Gasteiger partial charge >= 0.3 is 0 Å². The molecule has 8 heteroatoms. The average molecular weight is 442 g/mol. The summed E-state index contributed by atoms with van der Waals surface area (Å²) in [6.07, 6.45) is 2.18. The van der Waals surface area contributed by atoms with Crippen LogP contribution in [0.25, 0.3) is 0 Å². The van der Waals surface area contributed by atoms with Crippen molar-refractivity contribution in [2.24, 2.45) is 5.92 Å². The minimum Gasteiger partial charge on any atom is -0.495 e. The number of amides is 3. The fourth-order valence-electron chi connectivity index (χ4n) is 4.03. The molecule has 2 aliphatic rings. The zero-order chi connectivity index (χ0) is 22.0. The van der Waals surface area contributed by atoms with Crippen molar-refractivity contribution < 1.29 is 19.1 Å². The van der Waals surface area contributed by atoms with Crippen molar-refractivity contribution in [1.29, 1.82) is 0 Å². The van der Waals surface area contributed by atoms with Gasteiger partial charge in [-0.05, 0) is 55.3 Å². The molecule has 31 heavy (non-hydrogen) atoms. The highest BCUT2D eigenvalue weighted by atomic mass is 35.5. The van der Waals surface area contributed by atoms with Crippen molar-refractivity contribution in [2.45, 2.75) is 19.3 Å². The molecule has 1 atom stereocenters. The fraction of sp³-hybridized carbons (Fsp3) is 0.348. The summed E-state index contributed by atoms with van der Waals surface area (Å²) in [5.74, 6) is -0.357. The highest BCUT2D eigenvalue weighted by Gasteiger charge is 2.36. The predicted molar refractivity (Wildman–Crippen MR) is 119 cm³/mol. The number of carbonyl (C=O) groups excluding carboxylic acids is 3. The van der Waals surface area contributed by atoms with E-state index in [0.29, 0.717) is 27.7 Å². The topological polar surface area (TPSA) is 79.0 Å². The molecule has 2 fully saturated rings. The fourth-order valence-corrected chi connectivity index (χ4v) is 4.20. The Kier molecular flexibility index (Phi) is 6.13. The van der Waals surface area contributed by atoms with Gasteiger partial charge in [0.05, 0.1) is 18.7 Å². The largest absolute Gasteiger partial charge is 0.495 e. The zero-order valence-electron chi connectivity index (χ0n) is 17.3. The molecule has 0 bridgehead atoms. The number of nitrogens with one attached hydrogen (secondary N) is 1. The third kappa shape index (κ3) is 4.51. The van der Waals surface area contributed by atoms with Crippen LogP contribution in [0.3, 0.4) is 0 Å². The molecular weight excluding hydrogens is 418 g/mol. The Labute approximate surface area is 185 Å². The van der Waals surface area contributed by atoms with E-state index in [1.54, 1.807) is 42.5 Å². The molecule has 0 aliphatic carbocycles. The molecule has 0 spiro atoms. The van der Waals surface area contributed by atoms with E-state index < -0.39 is 5.92 Å². The Morgan fingerprint density at radius 1 is 1.10 bits per heavy atom. The standard InChI is InChI=1S/C23H24ClN3O4/c1-31-20-9-6-17(24)13-19(20)27-14-16(12-21(27)28)22(29)25-18-7-4-15(5-8-18)23(30)26-10-2-3-11-26/h4-9,13,16H,2-3,10-12,14H2,1H3,(H,25,29). The Balaban J connectivity index is 1.41. The van der Waals surface area contributed by atoms with E-state index >= 15 is 0 Å². The molecule has 2 heterocycles. The van der Waals surface area contributed by atoms with Gasteiger partial charge in [-0.2, -0.15) is 0 Å². The van der Waals surface area contributed by atoms with Crippen LogP contribution in [0.15, 0.2) is 42.5 Å². The molecule has 0 saturated carbocycles. The van der Waals surface area contributed by atoms with Crippen molar-refractivity contribution in [2.75, 3.05) is 37.0 Å². The Bertz CT molecular complexity index is 1000. The monoisotopic (exact) mass is 441 g/mol. The van der Waals surface area contributed by atoms with Crippen LogP contribution in [0.2, 0.25) is 5.02 Å². The van der Waals surface area contributed by atoms with Gasteiger partial charge in [-0.1, -0.05) is 11.6 Å². The van der Waals surface area contributed by atoms with Crippen molar-refractivity contribution in [3.05, 3.63) is 53.1 Å². The molecule has 1 N–H and O–H groups in total. The maximum atomic E-state index is 12.8. The number of nitrogens with zero attached hydrogens (tertiary/aromatic N) is 2. The van der Waals surface area contributed by atoms with Gasteiger partial charge in [0, 0.05) is 42.3 Å². The quantitative estimate of drug-likeness (QED) is 0.769. The Hall–Kier alpha value is -3.06. The van der Waals surface area contributed by atoms with E-state index in [0.717, 1.165) is 25.9 Å². The third-order valence-electron chi connectivity index (χ3n) is 5.72. The molecule has 2 aromatic carbocycles. The van der Waals surface area contributed by atoms with Crippen LogP contribution < -0.4 is 15.0 Å². The first kappa shape index (κ1) is 21.2. The summed E-state index contributed by atoms with van der Waals surface area (Å²) in [7, 11) is 1.52. The molecule has 1 unspecified atom stereocenters. The van der Waals surface area contributed by atoms with E-state index in [2.05, 4.69) is 5.32 Å². The number of ether oxygens (including phenoxy) is 1. The van der Waals surface area contributed by atoms with Crippen LogP contribution in [0, 0.1) is 5.92 Å². The molecule has 7 nitrogen and oxygen atoms in total.